The van der Waals surface area contributed by atoms with Gasteiger partial charge < -0.3 is 14.4 Å². The van der Waals surface area contributed by atoms with Gasteiger partial charge in [0, 0.05) is 32.7 Å². The standard InChI is InChI=1S/C17H21N3O3/c1-13(14-6-4-8-18-12-14)20(2)17(21)15-7-5-9-19-16(15)23-11-10-22-3/h4-9,12-13H,10-11H2,1-3H3. The van der Waals surface area contributed by atoms with Gasteiger partial charge in [-0.1, -0.05) is 6.07 Å². The van der Waals surface area contributed by atoms with Crippen LogP contribution in [0.3, 0.4) is 0 Å². The van der Waals surface area contributed by atoms with Crippen LogP contribution in [0.25, 0.3) is 0 Å². The van der Waals surface area contributed by atoms with Crippen molar-refractivity contribution in [2.24, 2.45) is 0 Å². The molecule has 2 aromatic rings. The molecule has 1 amide bonds. The fraction of sp³-hybridized carbons (Fsp3) is 0.353. The van der Waals surface area contributed by atoms with Gasteiger partial charge in [-0.2, -0.15) is 0 Å². The summed E-state index contributed by atoms with van der Waals surface area (Å²) in [6.07, 6.45) is 5.07. The molecule has 0 spiro atoms. The van der Waals surface area contributed by atoms with E-state index >= 15 is 0 Å². The summed E-state index contributed by atoms with van der Waals surface area (Å²) in [5.41, 5.74) is 1.40. The van der Waals surface area contributed by atoms with Crippen molar-refractivity contribution in [3.8, 4) is 5.88 Å². The third kappa shape index (κ3) is 4.26. The smallest absolute Gasteiger partial charge is 0.259 e. The van der Waals surface area contributed by atoms with E-state index in [2.05, 4.69) is 9.97 Å². The molecule has 0 fully saturated rings. The van der Waals surface area contributed by atoms with Crippen molar-refractivity contribution in [3.05, 3.63) is 54.0 Å². The van der Waals surface area contributed by atoms with Crippen molar-refractivity contribution in [2.75, 3.05) is 27.4 Å². The zero-order valence-electron chi connectivity index (χ0n) is 13.6. The summed E-state index contributed by atoms with van der Waals surface area (Å²) in [6, 6.07) is 7.13. The number of ether oxygens (including phenoxy) is 2. The minimum atomic E-state index is -0.151. The minimum Gasteiger partial charge on any atom is -0.475 e. The van der Waals surface area contributed by atoms with E-state index < -0.39 is 0 Å². The van der Waals surface area contributed by atoms with E-state index in [9.17, 15) is 4.79 Å². The van der Waals surface area contributed by atoms with E-state index in [-0.39, 0.29) is 11.9 Å². The average Bonchev–Trinajstić information content (AvgIpc) is 2.61. The van der Waals surface area contributed by atoms with Gasteiger partial charge in [-0.3, -0.25) is 9.78 Å². The van der Waals surface area contributed by atoms with Crippen LogP contribution in [0, 0.1) is 0 Å². The summed E-state index contributed by atoms with van der Waals surface area (Å²) in [5, 5.41) is 0. The third-order valence-corrected chi connectivity index (χ3v) is 3.60. The van der Waals surface area contributed by atoms with E-state index in [0.717, 1.165) is 5.56 Å². The Bertz CT molecular complexity index is 634. The summed E-state index contributed by atoms with van der Waals surface area (Å²) in [5.74, 6) is 0.168. The van der Waals surface area contributed by atoms with Gasteiger partial charge in [0.2, 0.25) is 5.88 Å². The Morgan fingerprint density at radius 2 is 2.04 bits per heavy atom. The maximum Gasteiger partial charge on any atom is 0.259 e. The Morgan fingerprint density at radius 1 is 1.26 bits per heavy atom. The molecule has 0 N–H and O–H groups in total. The Kier molecular flexibility index (Phi) is 6.05. The molecule has 0 radical (unpaired) electrons. The van der Waals surface area contributed by atoms with E-state index in [0.29, 0.717) is 24.7 Å². The summed E-state index contributed by atoms with van der Waals surface area (Å²) in [7, 11) is 3.35. The first-order valence-electron chi connectivity index (χ1n) is 7.39. The van der Waals surface area contributed by atoms with Crippen molar-refractivity contribution in [3.63, 3.8) is 0 Å². The maximum absolute atomic E-state index is 12.8. The molecule has 0 aliphatic rings. The lowest BCUT2D eigenvalue weighted by molar-refractivity contribution is 0.0734. The highest BCUT2D eigenvalue weighted by Gasteiger charge is 2.22. The topological polar surface area (TPSA) is 64.6 Å². The van der Waals surface area contributed by atoms with Gasteiger partial charge >= 0.3 is 0 Å². The fourth-order valence-electron chi connectivity index (χ4n) is 2.10. The number of carbonyl (C=O) groups is 1. The quantitative estimate of drug-likeness (QED) is 0.734. The molecule has 2 heterocycles. The lowest BCUT2D eigenvalue weighted by atomic mass is 10.1. The number of hydrogen-bond acceptors (Lipinski definition) is 5. The molecule has 0 aliphatic heterocycles. The second-order valence-corrected chi connectivity index (χ2v) is 5.08. The first kappa shape index (κ1) is 16.9. The highest BCUT2D eigenvalue weighted by atomic mass is 16.5. The summed E-state index contributed by atoms with van der Waals surface area (Å²) >= 11 is 0. The fourth-order valence-corrected chi connectivity index (χ4v) is 2.10. The molecule has 6 heteroatoms. The molecule has 6 nitrogen and oxygen atoms in total. The van der Waals surface area contributed by atoms with Crippen molar-refractivity contribution in [1.29, 1.82) is 0 Å². The van der Waals surface area contributed by atoms with Crippen LogP contribution in [-0.2, 0) is 4.74 Å². The molecular formula is C17H21N3O3. The number of pyridine rings is 2. The number of amides is 1. The first-order valence-corrected chi connectivity index (χ1v) is 7.39. The van der Waals surface area contributed by atoms with Gasteiger partial charge in [0.05, 0.1) is 12.6 Å². The Labute approximate surface area is 136 Å². The van der Waals surface area contributed by atoms with Crippen molar-refractivity contribution in [2.45, 2.75) is 13.0 Å². The summed E-state index contributed by atoms with van der Waals surface area (Å²) in [4.78, 5) is 22.7. The number of nitrogens with zero attached hydrogens (tertiary/aromatic N) is 3. The van der Waals surface area contributed by atoms with Gasteiger partial charge in [0.1, 0.15) is 12.2 Å². The molecule has 0 bridgehead atoms. The predicted molar refractivity (Wildman–Crippen MR) is 86.4 cm³/mol. The van der Waals surface area contributed by atoms with Crippen LogP contribution in [0.5, 0.6) is 5.88 Å². The maximum atomic E-state index is 12.8. The first-order chi connectivity index (χ1) is 11.1. The Hall–Kier alpha value is -2.47. The van der Waals surface area contributed by atoms with Gasteiger partial charge in [-0.25, -0.2) is 4.98 Å². The highest BCUT2D eigenvalue weighted by Crippen LogP contribution is 2.23. The van der Waals surface area contributed by atoms with Crippen molar-refractivity contribution in [1.82, 2.24) is 14.9 Å². The number of methoxy groups -OCH3 is 1. The molecule has 0 aliphatic carbocycles. The molecule has 23 heavy (non-hydrogen) atoms. The minimum absolute atomic E-state index is 0.108. The third-order valence-electron chi connectivity index (χ3n) is 3.60. The molecule has 122 valence electrons. The molecular weight excluding hydrogens is 294 g/mol. The van der Waals surface area contributed by atoms with Crippen LogP contribution in [-0.4, -0.2) is 48.1 Å². The summed E-state index contributed by atoms with van der Waals surface area (Å²) in [6.45, 7) is 2.73. The Morgan fingerprint density at radius 3 is 2.74 bits per heavy atom. The van der Waals surface area contributed by atoms with Crippen LogP contribution in [0.2, 0.25) is 0 Å². The van der Waals surface area contributed by atoms with E-state index in [1.54, 1.807) is 49.8 Å². The van der Waals surface area contributed by atoms with Crippen LogP contribution in [0.1, 0.15) is 28.9 Å². The largest absolute Gasteiger partial charge is 0.475 e. The van der Waals surface area contributed by atoms with Crippen molar-refractivity contribution >= 4 is 5.91 Å². The van der Waals surface area contributed by atoms with Gasteiger partial charge in [-0.05, 0) is 30.7 Å². The molecule has 1 atom stereocenters. The van der Waals surface area contributed by atoms with Gasteiger partial charge in [0.15, 0.2) is 0 Å². The van der Waals surface area contributed by atoms with Gasteiger partial charge in [0.25, 0.3) is 5.91 Å². The molecule has 0 saturated carbocycles. The van der Waals surface area contributed by atoms with Crippen LogP contribution in [0.15, 0.2) is 42.9 Å². The number of hydrogen-bond donors (Lipinski definition) is 0. The van der Waals surface area contributed by atoms with E-state index in [1.807, 2.05) is 19.1 Å². The normalized spacial score (nSPS) is 11.8. The molecule has 0 saturated heterocycles. The van der Waals surface area contributed by atoms with E-state index in [4.69, 9.17) is 9.47 Å². The SMILES string of the molecule is COCCOc1ncccc1C(=O)N(C)C(C)c1cccnc1. The van der Waals surface area contributed by atoms with Crippen LogP contribution >= 0.6 is 0 Å². The van der Waals surface area contributed by atoms with Crippen molar-refractivity contribution < 1.29 is 14.3 Å². The van der Waals surface area contributed by atoms with Crippen LogP contribution in [0.4, 0.5) is 0 Å². The van der Waals surface area contributed by atoms with Crippen LogP contribution < -0.4 is 4.74 Å². The molecule has 0 aromatic carbocycles. The zero-order chi connectivity index (χ0) is 16.7. The highest BCUT2D eigenvalue weighted by molar-refractivity contribution is 5.96. The predicted octanol–water partition coefficient (Wildman–Crippen LogP) is 2.34. The number of aromatic nitrogens is 2. The molecule has 2 rings (SSSR count). The molecule has 1 unspecified atom stereocenters. The Balaban J connectivity index is 2.16. The van der Waals surface area contributed by atoms with E-state index in [1.165, 1.54) is 0 Å². The lowest BCUT2D eigenvalue weighted by Crippen LogP contribution is -2.30. The average molecular weight is 315 g/mol. The molecule has 2 aromatic heterocycles. The zero-order valence-corrected chi connectivity index (χ0v) is 13.6. The lowest BCUT2D eigenvalue weighted by Gasteiger charge is -2.25. The monoisotopic (exact) mass is 315 g/mol. The number of carbonyl (C=O) groups excluding carboxylic acids is 1. The number of rotatable bonds is 7. The second-order valence-electron chi connectivity index (χ2n) is 5.08. The summed E-state index contributed by atoms with van der Waals surface area (Å²) < 4.78 is 10.5. The van der Waals surface area contributed by atoms with Gasteiger partial charge in [-0.15, -0.1) is 0 Å². The second kappa shape index (κ2) is 8.24.